The zero-order chi connectivity index (χ0) is 17.7. The van der Waals surface area contributed by atoms with E-state index in [1.807, 2.05) is 0 Å². The number of primary amides is 1. The third kappa shape index (κ3) is 4.84. The molecule has 0 spiro atoms. The normalized spacial score (nSPS) is 27.5. The van der Waals surface area contributed by atoms with Crippen LogP contribution in [0.25, 0.3) is 0 Å². The largest absolute Gasteiger partial charge is 0.433 e. The van der Waals surface area contributed by atoms with Crippen LogP contribution in [0.1, 0.15) is 13.3 Å². The van der Waals surface area contributed by atoms with Crippen molar-refractivity contribution in [2.24, 2.45) is 5.73 Å². The summed E-state index contributed by atoms with van der Waals surface area (Å²) in [5.41, 5.74) is 5.29. The van der Waals surface area contributed by atoms with E-state index in [9.17, 15) is 19.2 Å². The Bertz CT molecular complexity index is 529. The number of hydrogen-bond donors (Lipinski definition) is 2. The molecule has 0 aliphatic carbocycles. The SMILES string of the molecule is CCOC1OC(=O)CC1NC(=O)CN1CC(C(N)=O)SC[CH]C1=O. The molecule has 2 aliphatic rings. The van der Waals surface area contributed by atoms with Gasteiger partial charge in [-0.25, -0.2) is 0 Å². The minimum Gasteiger partial charge on any atom is -0.433 e. The zero-order valence-electron chi connectivity index (χ0n) is 13.2. The molecule has 3 atom stereocenters. The monoisotopic (exact) mass is 358 g/mol. The molecular weight excluding hydrogens is 338 g/mol. The topological polar surface area (TPSA) is 128 Å². The third-order valence-corrected chi connectivity index (χ3v) is 4.69. The Morgan fingerprint density at radius 1 is 1.50 bits per heavy atom. The van der Waals surface area contributed by atoms with Gasteiger partial charge in [-0.05, 0) is 6.92 Å². The molecule has 2 fully saturated rings. The van der Waals surface area contributed by atoms with Crippen LogP contribution in [-0.4, -0.2) is 71.6 Å². The summed E-state index contributed by atoms with van der Waals surface area (Å²) < 4.78 is 10.2. The van der Waals surface area contributed by atoms with E-state index in [1.165, 1.54) is 23.1 Å². The van der Waals surface area contributed by atoms with Gasteiger partial charge < -0.3 is 25.4 Å². The van der Waals surface area contributed by atoms with Crippen molar-refractivity contribution in [3.05, 3.63) is 6.42 Å². The molecule has 9 nitrogen and oxygen atoms in total. The number of ether oxygens (including phenoxy) is 2. The number of esters is 1. The number of thioether (sulfide) groups is 1. The Morgan fingerprint density at radius 2 is 2.25 bits per heavy atom. The summed E-state index contributed by atoms with van der Waals surface area (Å²) in [7, 11) is 0. The summed E-state index contributed by atoms with van der Waals surface area (Å²) in [5.74, 6) is -1.41. The molecule has 2 aliphatic heterocycles. The van der Waals surface area contributed by atoms with Gasteiger partial charge in [0, 0.05) is 18.9 Å². The maximum absolute atomic E-state index is 12.2. The number of carbonyl (C=O) groups is 4. The van der Waals surface area contributed by atoms with E-state index >= 15 is 0 Å². The minimum absolute atomic E-state index is 0.0102. The second kappa shape index (κ2) is 8.34. The Balaban J connectivity index is 1.93. The van der Waals surface area contributed by atoms with E-state index in [0.29, 0.717) is 12.4 Å². The van der Waals surface area contributed by atoms with Crippen LogP contribution in [0.15, 0.2) is 0 Å². The number of amides is 3. The maximum atomic E-state index is 12.2. The van der Waals surface area contributed by atoms with Gasteiger partial charge in [-0.15, -0.1) is 11.8 Å². The first-order chi connectivity index (χ1) is 11.4. The van der Waals surface area contributed by atoms with Gasteiger partial charge in [0.25, 0.3) is 0 Å². The van der Waals surface area contributed by atoms with Crippen LogP contribution in [-0.2, 0) is 28.7 Å². The molecule has 2 saturated heterocycles. The van der Waals surface area contributed by atoms with E-state index < -0.39 is 35.4 Å². The van der Waals surface area contributed by atoms with Crippen molar-refractivity contribution in [3.8, 4) is 0 Å². The molecule has 2 heterocycles. The van der Waals surface area contributed by atoms with Gasteiger partial charge in [0.15, 0.2) is 0 Å². The van der Waals surface area contributed by atoms with Crippen molar-refractivity contribution in [2.75, 3.05) is 25.4 Å². The van der Waals surface area contributed by atoms with Crippen LogP contribution in [0.5, 0.6) is 0 Å². The number of nitrogens with two attached hydrogens (primary N) is 1. The molecule has 0 aromatic rings. The molecule has 10 heteroatoms. The molecule has 3 unspecified atom stereocenters. The quantitative estimate of drug-likeness (QED) is 0.548. The smallest absolute Gasteiger partial charge is 0.310 e. The molecule has 3 N–H and O–H groups in total. The first-order valence-corrected chi connectivity index (χ1v) is 8.59. The molecule has 133 valence electrons. The van der Waals surface area contributed by atoms with Crippen LogP contribution in [0.4, 0.5) is 0 Å². The predicted octanol–water partition coefficient (Wildman–Crippen LogP) is -1.59. The van der Waals surface area contributed by atoms with E-state index in [1.54, 1.807) is 6.92 Å². The molecule has 0 saturated carbocycles. The lowest BCUT2D eigenvalue weighted by atomic mass is 10.2. The van der Waals surface area contributed by atoms with Gasteiger partial charge in [-0.3, -0.25) is 19.2 Å². The van der Waals surface area contributed by atoms with Crippen LogP contribution in [0.2, 0.25) is 0 Å². The fourth-order valence-electron chi connectivity index (χ4n) is 2.42. The number of carbonyl (C=O) groups excluding carboxylic acids is 4. The number of nitrogens with one attached hydrogen (secondary N) is 1. The summed E-state index contributed by atoms with van der Waals surface area (Å²) in [6.45, 7) is 1.92. The van der Waals surface area contributed by atoms with Gasteiger partial charge >= 0.3 is 5.97 Å². The average molecular weight is 358 g/mol. The third-order valence-electron chi connectivity index (χ3n) is 3.55. The Labute approximate surface area is 143 Å². The van der Waals surface area contributed by atoms with Gasteiger partial charge in [-0.1, -0.05) is 0 Å². The summed E-state index contributed by atoms with van der Waals surface area (Å²) in [4.78, 5) is 48.2. The highest BCUT2D eigenvalue weighted by Crippen LogP contribution is 2.19. The molecule has 0 bridgehead atoms. The Morgan fingerprint density at radius 3 is 2.92 bits per heavy atom. The fourth-order valence-corrected chi connectivity index (χ4v) is 3.34. The van der Waals surface area contributed by atoms with Gasteiger partial charge in [0.1, 0.15) is 11.3 Å². The molecule has 0 aromatic heterocycles. The first-order valence-electron chi connectivity index (χ1n) is 7.54. The first kappa shape index (κ1) is 18.5. The average Bonchev–Trinajstić information content (AvgIpc) is 2.73. The van der Waals surface area contributed by atoms with Crippen molar-refractivity contribution in [2.45, 2.75) is 30.9 Å². The maximum Gasteiger partial charge on any atom is 0.310 e. The van der Waals surface area contributed by atoms with Crippen LogP contribution in [0.3, 0.4) is 0 Å². The fraction of sp³-hybridized carbons (Fsp3) is 0.643. The van der Waals surface area contributed by atoms with Crippen LogP contribution >= 0.6 is 11.8 Å². The second-order valence-corrected chi connectivity index (χ2v) is 6.57. The number of cyclic esters (lactones) is 1. The summed E-state index contributed by atoms with van der Waals surface area (Å²) >= 11 is 1.26. The standard InChI is InChI=1S/C14H20N3O6S/c1-2-22-14-8(5-12(20)23-14)16-10(18)7-17-6-9(13(15)21)24-4-3-11(17)19/h3,8-9,14H,2,4-7H2,1H3,(H2,15,21)(H,16,18). The Hall–Kier alpha value is -1.81. The van der Waals surface area contributed by atoms with Crippen LogP contribution in [0, 0.1) is 6.42 Å². The van der Waals surface area contributed by atoms with Gasteiger partial charge in [-0.2, -0.15) is 0 Å². The lowest BCUT2D eigenvalue weighted by molar-refractivity contribution is -0.164. The van der Waals surface area contributed by atoms with Crippen molar-refractivity contribution in [1.82, 2.24) is 10.2 Å². The summed E-state index contributed by atoms with van der Waals surface area (Å²) in [6.07, 6.45) is 0.592. The number of rotatable bonds is 6. The summed E-state index contributed by atoms with van der Waals surface area (Å²) in [5, 5.41) is 2.07. The minimum atomic E-state index is -0.827. The molecule has 3 amide bonds. The number of nitrogens with zero attached hydrogens (tertiary/aromatic N) is 1. The second-order valence-electron chi connectivity index (χ2n) is 5.34. The lowest BCUT2D eigenvalue weighted by Gasteiger charge is -2.24. The van der Waals surface area contributed by atoms with E-state index in [4.69, 9.17) is 15.2 Å². The van der Waals surface area contributed by atoms with Gasteiger partial charge in [0.2, 0.25) is 24.0 Å². The predicted molar refractivity (Wildman–Crippen MR) is 84.4 cm³/mol. The van der Waals surface area contributed by atoms with E-state index in [2.05, 4.69) is 5.32 Å². The summed E-state index contributed by atoms with van der Waals surface area (Å²) in [6, 6.07) is -0.600. The molecule has 24 heavy (non-hydrogen) atoms. The highest BCUT2D eigenvalue weighted by Gasteiger charge is 2.37. The highest BCUT2D eigenvalue weighted by atomic mass is 32.2. The lowest BCUT2D eigenvalue weighted by Crippen LogP contribution is -2.49. The van der Waals surface area contributed by atoms with Gasteiger partial charge in [0.05, 0.1) is 19.4 Å². The van der Waals surface area contributed by atoms with Crippen LogP contribution < -0.4 is 11.1 Å². The van der Waals surface area contributed by atoms with Crippen molar-refractivity contribution >= 4 is 35.5 Å². The van der Waals surface area contributed by atoms with E-state index in [0.717, 1.165) is 0 Å². The molecule has 0 aromatic carbocycles. The molecular formula is C14H20N3O6S. The zero-order valence-corrected chi connectivity index (χ0v) is 14.0. The van der Waals surface area contributed by atoms with Crippen molar-refractivity contribution in [3.63, 3.8) is 0 Å². The van der Waals surface area contributed by atoms with Crippen molar-refractivity contribution in [1.29, 1.82) is 0 Å². The van der Waals surface area contributed by atoms with E-state index in [-0.39, 0.29) is 25.4 Å². The molecule has 1 radical (unpaired) electrons. The number of hydrogen-bond acceptors (Lipinski definition) is 7. The molecule has 2 rings (SSSR count). The highest BCUT2D eigenvalue weighted by molar-refractivity contribution is 8.00. The van der Waals surface area contributed by atoms with Crippen molar-refractivity contribution < 1.29 is 28.7 Å². The Kier molecular flexibility index (Phi) is 6.44.